The Bertz CT molecular complexity index is 307. The maximum absolute atomic E-state index is 12.1. The SMILES string of the molecule is COC(=O)N[C@H](C)C(=O)N1CCN(CCSC)CC1. The number of amides is 2. The van der Waals surface area contributed by atoms with Crippen molar-refractivity contribution >= 4 is 23.8 Å². The zero-order valence-electron chi connectivity index (χ0n) is 11.8. The van der Waals surface area contributed by atoms with Crippen LogP contribution < -0.4 is 5.32 Å². The fraction of sp³-hybridized carbons (Fsp3) is 0.833. The standard InChI is InChI=1S/C12H23N3O3S/c1-10(13-12(17)18-2)11(16)15-6-4-14(5-7-15)8-9-19-3/h10H,4-9H2,1-3H3,(H,13,17)/t10-/m1/s1. The van der Waals surface area contributed by atoms with Crippen LogP contribution in [0.25, 0.3) is 0 Å². The first-order valence-electron chi connectivity index (χ1n) is 6.43. The number of carbonyl (C=O) groups is 2. The summed E-state index contributed by atoms with van der Waals surface area (Å²) in [5.74, 6) is 1.07. The average molecular weight is 289 g/mol. The minimum absolute atomic E-state index is 0.0464. The van der Waals surface area contributed by atoms with Gasteiger partial charge < -0.3 is 15.0 Å². The molecule has 2 amide bonds. The van der Waals surface area contributed by atoms with E-state index in [1.54, 1.807) is 11.8 Å². The van der Waals surface area contributed by atoms with E-state index in [2.05, 4.69) is 21.2 Å². The Balaban J connectivity index is 2.33. The highest BCUT2D eigenvalue weighted by Gasteiger charge is 2.25. The van der Waals surface area contributed by atoms with Gasteiger partial charge in [-0.2, -0.15) is 11.8 Å². The smallest absolute Gasteiger partial charge is 0.407 e. The van der Waals surface area contributed by atoms with Crippen LogP contribution in [0.4, 0.5) is 4.79 Å². The molecule has 1 aliphatic heterocycles. The van der Waals surface area contributed by atoms with E-state index in [1.807, 2.05) is 11.8 Å². The third-order valence-electron chi connectivity index (χ3n) is 3.19. The van der Waals surface area contributed by atoms with Crippen LogP contribution in [0.2, 0.25) is 0 Å². The summed E-state index contributed by atoms with van der Waals surface area (Å²) in [6.45, 7) is 5.99. The minimum atomic E-state index is -0.570. The van der Waals surface area contributed by atoms with Gasteiger partial charge >= 0.3 is 6.09 Å². The molecule has 1 atom stereocenters. The van der Waals surface area contributed by atoms with Gasteiger partial charge in [-0.1, -0.05) is 0 Å². The molecule has 1 fully saturated rings. The summed E-state index contributed by atoms with van der Waals surface area (Å²) >= 11 is 1.83. The lowest BCUT2D eigenvalue weighted by molar-refractivity contribution is -0.134. The zero-order valence-corrected chi connectivity index (χ0v) is 12.7. The molecule has 0 aromatic heterocycles. The highest BCUT2D eigenvalue weighted by atomic mass is 32.2. The van der Waals surface area contributed by atoms with Crippen LogP contribution in [0.5, 0.6) is 0 Å². The molecular weight excluding hydrogens is 266 g/mol. The Morgan fingerprint density at radius 3 is 2.47 bits per heavy atom. The maximum Gasteiger partial charge on any atom is 0.407 e. The van der Waals surface area contributed by atoms with Crippen LogP contribution in [0.15, 0.2) is 0 Å². The van der Waals surface area contributed by atoms with Crippen molar-refractivity contribution in [3.63, 3.8) is 0 Å². The molecule has 0 spiro atoms. The van der Waals surface area contributed by atoms with E-state index in [4.69, 9.17) is 0 Å². The first-order chi connectivity index (χ1) is 9.08. The molecule has 0 bridgehead atoms. The molecule has 0 radical (unpaired) electrons. The highest BCUT2D eigenvalue weighted by molar-refractivity contribution is 7.98. The predicted molar refractivity (Wildman–Crippen MR) is 76.4 cm³/mol. The second kappa shape index (κ2) is 8.27. The molecular formula is C12H23N3O3S. The van der Waals surface area contributed by atoms with E-state index in [0.717, 1.165) is 38.5 Å². The third kappa shape index (κ3) is 5.28. The predicted octanol–water partition coefficient (Wildman–Crippen LogP) is 0.238. The Labute approximate surface area is 118 Å². The first kappa shape index (κ1) is 16.1. The number of rotatable bonds is 5. The second-order valence-electron chi connectivity index (χ2n) is 4.52. The molecule has 0 saturated carbocycles. The van der Waals surface area contributed by atoms with Gasteiger partial charge in [-0.3, -0.25) is 9.69 Å². The number of nitrogens with one attached hydrogen (secondary N) is 1. The average Bonchev–Trinajstić information content (AvgIpc) is 2.44. The van der Waals surface area contributed by atoms with Crippen LogP contribution in [0, 0.1) is 0 Å². The number of methoxy groups -OCH3 is 1. The molecule has 110 valence electrons. The molecule has 0 aromatic carbocycles. The summed E-state index contributed by atoms with van der Waals surface area (Å²) in [5, 5.41) is 2.50. The van der Waals surface area contributed by atoms with E-state index in [-0.39, 0.29) is 5.91 Å². The summed E-state index contributed by atoms with van der Waals surface area (Å²) < 4.78 is 4.49. The van der Waals surface area contributed by atoms with Gasteiger partial charge in [0.1, 0.15) is 6.04 Å². The first-order valence-corrected chi connectivity index (χ1v) is 7.82. The number of piperazine rings is 1. The van der Waals surface area contributed by atoms with Gasteiger partial charge in [-0.05, 0) is 13.2 Å². The number of nitrogens with zero attached hydrogens (tertiary/aromatic N) is 2. The summed E-state index contributed by atoms with van der Waals surface area (Å²) in [6, 6.07) is -0.537. The lowest BCUT2D eigenvalue weighted by Gasteiger charge is -2.35. The summed E-state index contributed by atoms with van der Waals surface area (Å²) in [5.41, 5.74) is 0. The highest BCUT2D eigenvalue weighted by Crippen LogP contribution is 2.05. The molecule has 7 heteroatoms. The number of ether oxygens (including phenoxy) is 1. The Morgan fingerprint density at radius 1 is 1.32 bits per heavy atom. The van der Waals surface area contributed by atoms with Crippen LogP contribution >= 0.6 is 11.8 Å². The van der Waals surface area contributed by atoms with E-state index in [9.17, 15) is 9.59 Å². The molecule has 6 nitrogen and oxygen atoms in total. The van der Waals surface area contributed by atoms with E-state index < -0.39 is 12.1 Å². The fourth-order valence-corrected chi connectivity index (χ4v) is 2.42. The van der Waals surface area contributed by atoms with E-state index in [1.165, 1.54) is 7.11 Å². The van der Waals surface area contributed by atoms with Gasteiger partial charge in [0.2, 0.25) is 5.91 Å². The largest absolute Gasteiger partial charge is 0.453 e. The number of carbonyl (C=O) groups excluding carboxylic acids is 2. The number of thioether (sulfide) groups is 1. The maximum atomic E-state index is 12.1. The van der Waals surface area contributed by atoms with Gasteiger partial charge in [0.15, 0.2) is 0 Å². The van der Waals surface area contributed by atoms with Gasteiger partial charge in [-0.15, -0.1) is 0 Å². The molecule has 19 heavy (non-hydrogen) atoms. The van der Waals surface area contributed by atoms with Crippen molar-refractivity contribution in [2.24, 2.45) is 0 Å². The van der Waals surface area contributed by atoms with Crippen LogP contribution in [0.3, 0.4) is 0 Å². The van der Waals surface area contributed by atoms with Gasteiger partial charge in [-0.25, -0.2) is 4.79 Å². The number of hydrogen-bond donors (Lipinski definition) is 1. The number of hydrogen-bond acceptors (Lipinski definition) is 5. The lowest BCUT2D eigenvalue weighted by atomic mass is 10.2. The molecule has 0 unspecified atom stereocenters. The van der Waals surface area contributed by atoms with Crippen molar-refractivity contribution in [3.05, 3.63) is 0 Å². The molecule has 0 aromatic rings. The Hall–Kier alpha value is -0.950. The Morgan fingerprint density at radius 2 is 1.95 bits per heavy atom. The van der Waals surface area contributed by atoms with Crippen molar-refractivity contribution in [1.82, 2.24) is 15.1 Å². The van der Waals surface area contributed by atoms with Crippen molar-refractivity contribution < 1.29 is 14.3 Å². The summed E-state index contributed by atoms with van der Waals surface area (Å²) in [7, 11) is 1.29. The van der Waals surface area contributed by atoms with Crippen LogP contribution in [0.1, 0.15) is 6.92 Å². The van der Waals surface area contributed by atoms with Crippen molar-refractivity contribution in [3.8, 4) is 0 Å². The minimum Gasteiger partial charge on any atom is -0.453 e. The van der Waals surface area contributed by atoms with E-state index in [0.29, 0.717) is 0 Å². The number of alkyl carbamates (subject to hydrolysis) is 1. The van der Waals surface area contributed by atoms with Crippen LogP contribution in [-0.2, 0) is 9.53 Å². The molecule has 1 saturated heterocycles. The van der Waals surface area contributed by atoms with E-state index >= 15 is 0 Å². The second-order valence-corrected chi connectivity index (χ2v) is 5.50. The molecule has 1 N–H and O–H groups in total. The van der Waals surface area contributed by atoms with Crippen molar-refractivity contribution in [2.45, 2.75) is 13.0 Å². The zero-order chi connectivity index (χ0) is 14.3. The molecule has 1 rings (SSSR count). The lowest BCUT2D eigenvalue weighted by Crippen LogP contribution is -2.54. The fourth-order valence-electron chi connectivity index (χ4n) is 1.98. The topological polar surface area (TPSA) is 61.9 Å². The molecule has 1 heterocycles. The molecule has 0 aliphatic carbocycles. The van der Waals surface area contributed by atoms with Crippen LogP contribution in [-0.4, -0.2) is 79.7 Å². The monoisotopic (exact) mass is 289 g/mol. The van der Waals surface area contributed by atoms with Crippen molar-refractivity contribution in [1.29, 1.82) is 0 Å². The molecule has 1 aliphatic rings. The third-order valence-corrected chi connectivity index (χ3v) is 3.78. The summed E-state index contributed by atoms with van der Waals surface area (Å²) in [6.07, 6.45) is 1.53. The van der Waals surface area contributed by atoms with Crippen molar-refractivity contribution in [2.75, 3.05) is 51.8 Å². The van der Waals surface area contributed by atoms with Gasteiger partial charge in [0.25, 0.3) is 0 Å². The van der Waals surface area contributed by atoms with Gasteiger partial charge in [0, 0.05) is 38.5 Å². The normalized spacial score (nSPS) is 17.9. The van der Waals surface area contributed by atoms with Gasteiger partial charge in [0.05, 0.1) is 7.11 Å². The Kier molecular flexibility index (Phi) is 7.01. The summed E-state index contributed by atoms with van der Waals surface area (Å²) in [4.78, 5) is 27.3. The quantitative estimate of drug-likeness (QED) is 0.785.